The van der Waals surface area contributed by atoms with Gasteiger partial charge in [-0.15, -0.1) is 0 Å². The number of aryl methyl sites for hydroxylation is 2. The fourth-order valence-electron chi connectivity index (χ4n) is 2.69. The predicted molar refractivity (Wildman–Crippen MR) is 87.6 cm³/mol. The van der Waals surface area contributed by atoms with Crippen LogP contribution < -0.4 is 4.90 Å². The lowest BCUT2D eigenvalue weighted by atomic mass is 10.1. The van der Waals surface area contributed by atoms with Crippen molar-refractivity contribution in [2.75, 3.05) is 11.9 Å². The van der Waals surface area contributed by atoms with Crippen molar-refractivity contribution in [3.05, 3.63) is 65.6 Å². The highest BCUT2D eigenvalue weighted by Gasteiger charge is 2.10. The van der Waals surface area contributed by atoms with Crippen LogP contribution in [0.1, 0.15) is 17.1 Å². The minimum Gasteiger partial charge on any atom is -0.368 e. The number of aromatic nitrogens is 2. The summed E-state index contributed by atoms with van der Waals surface area (Å²) in [4.78, 5) is 11.4. The van der Waals surface area contributed by atoms with Crippen LogP contribution in [-0.4, -0.2) is 17.0 Å². The molecule has 0 saturated heterocycles. The number of benzene rings is 2. The normalized spacial score (nSPS) is 10.8. The summed E-state index contributed by atoms with van der Waals surface area (Å²) < 4.78 is 0. The molecule has 0 aliphatic heterocycles. The number of rotatable bonds is 3. The van der Waals surface area contributed by atoms with E-state index in [0.717, 1.165) is 29.0 Å². The highest BCUT2D eigenvalue weighted by atomic mass is 15.1. The Balaban J connectivity index is 2.00. The molecule has 0 spiro atoms. The molecule has 0 atom stereocenters. The van der Waals surface area contributed by atoms with Gasteiger partial charge in [-0.2, -0.15) is 0 Å². The van der Waals surface area contributed by atoms with Crippen molar-refractivity contribution in [1.29, 1.82) is 0 Å². The zero-order valence-electron chi connectivity index (χ0n) is 12.7. The third-order valence-electron chi connectivity index (χ3n) is 3.71. The summed E-state index contributed by atoms with van der Waals surface area (Å²) in [7, 11) is 2.11. The maximum absolute atomic E-state index is 4.64. The Morgan fingerprint density at radius 2 is 1.62 bits per heavy atom. The summed E-state index contributed by atoms with van der Waals surface area (Å²) in [6.45, 7) is 4.85. The Hall–Kier alpha value is -2.42. The van der Waals surface area contributed by atoms with Gasteiger partial charge in [-0.25, -0.2) is 9.97 Å². The molecule has 3 aromatic rings. The smallest absolute Gasteiger partial charge is 0.126 e. The fraction of sp³-hybridized carbons (Fsp3) is 0.222. The zero-order chi connectivity index (χ0) is 14.8. The first-order chi connectivity index (χ1) is 10.1. The van der Waals surface area contributed by atoms with Gasteiger partial charge < -0.3 is 4.90 Å². The van der Waals surface area contributed by atoms with Crippen LogP contribution in [0.4, 0.5) is 5.69 Å². The first-order valence-corrected chi connectivity index (χ1v) is 7.14. The van der Waals surface area contributed by atoms with E-state index < -0.39 is 0 Å². The monoisotopic (exact) mass is 277 g/mol. The second kappa shape index (κ2) is 5.52. The van der Waals surface area contributed by atoms with Gasteiger partial charge >= 0.3 is 0 Å². The summed E-state index contributed by atoms with van der Waals surface area (Å²) in [6, 6.07) is 16.6. The molecule has 0 fully saturated rings. The van der Waals surface area contributed by atoms with Crippen LogP contribution in [0.25, 0.3) is 10.9 Å². The van der Waals surface area contributed by atoms with E-state index in [-0.39, 0.29) is 0 Å². The van der Waals surface area contributed by atoms with Crippen molar-refractivity contribution in [3.8, 4) is 0 Å². The van der Waals surface area contributed by atoms with Crippen molar-refractivity contribution in [2.24, 2.45) is 0 Å². The van der Waals surface area contributed by atoms with Gasteiger partial charge in [0.15, 0.2) is 0 Å². The fourth-order valence-corrected chi connectivity index (χ4v) is 2.69. The molecule has 0 amide bonds. The van der Waals surface area contributed by atoms with Gasteiger partial charge in [0.25, 0.3) is 0 Å². The van der Waals surface area contributed by atoms with Crippen LogP contribution in [-0.2, 0) is 6.54 Å². The molecule has 1 heterocycles. The highest BCUT2D eigenvalue weighted by Crippen LogP contribution is 2.22. The predicted octanol–water partition coefficient (Wildman–Crippen LogP) is 3.88. The van der Waals surface area contributed by atoms with Gasteiger partial charge in [-0.05, 0) is 31.5 Å². The Bertz CT molecular complexity index is 780. The number of nitrogens with zero attached hydrogens (tertiary/aromatic N) is 3. The summed E-state index contributed by atoms with van der Waals surface area (Å²) in [5, 5.41) is 1.13. The molecule has 0 aliphatic carbocycles. The lowest BCUT2D eigenvalue weighted by Gasteiger charge is -2.21. The van der Waals surface area contributed by atoms with Crippen LogP contribution in [0, 0.1) is 13.8 Å². The van der Waals surface area contributed by atoms with Gasteiger partial charge in [-0.3, -0.25) is 0 Å². The number of hydrogen-bond acceptors (Lipinski definition) is 3. The van der Waals surface area contributed by atoms with E-state index in [1.807, 2.05) is 25.1 Å². The van der Waals surface area contributed by atoms with E-state index in [1.54, 1.807) is 0 Å². The minimum atomic E-state index is 0.773. The standard InChI is InChI=1S/C18H19N3/c1-13-8-4-7-11-18(13)21(3)12-17-15-9-5-6-10-16(15)19-14(2)20-17/h4-11H,12H2,1-3H3. The molecule has 0 saturated carbocycles. The number of para-hydroxylation sites is 2. The molecule has 0 N–H and O–H groups in total. The molecule has 0 aliphatic rings. The van der Waals surface area contributed by atoms with Gasteiger partial charge in [0, 0.05) is 18.1 Å². The molecular weight excluding hydrogens is 258 g/mol. The van der Waals surface area contributed by atoms with Gasteiger partial charge in [0.05, 0.1) is 17.8 Å². The van der Waals surface area contributed by atoms with E-state index in [4.69, 9.17) is 0 Å². The summed E-state index contributed by atoms with van der Waals surface area (Å²) in [5.41, 5.74) is 4.59. The van der Waals surface area contributed by atoms with Crippen molar-refractivity contribution in [2.45, 2.75) is 20.4 Å². The number of anilines is 1. The zero-order valence-corrected chi connectivity index (χ0v) is 12.7. The van der Waals surface area contributed by atoms with Crippen molar-refractivity contribution >= 4 is 16.6 Å². The van der Waals surface area contributed by atoms with Crippen molar-refractivity contribution in [1.82, 2.24) is 9.97 Å². The molecule has 21 heavy (non-hydrogen) atoms. The average Bonchev–Trinajstić information content (AvgIpc) is 2.47. The molecule has 3 nitrogen and oxygen atoms in total. The molecule has 3 rings (SSSR count). The lowest BCUT2D eigenvalue weighted by Crippen LogP contribution is -2.19. The van der Waals surface area contributed by atoms with Crippen LogP contribution >= 0.6 is 0 Å². The Morgan fingerprint density at radius 3 is 2.43 bits per heavy atom. The van der Waals surface area contributed by atoms with Gasteiger partial charge in [0.2, 0.25) is 0 Å². The Kier molecular flexibility index (Phi) is 3.57. The largest absolute Gasteiger partial charge is 0.368 e. The highest BCUT2D eigenvalue weighted by molar-refractivity contribution is 5.81. The van der Waals surface area contributed by atoms with Crippen LogP contribution in [0.3, 0.4) is 0 Å². The van der Waals surface area contributed by atoms with E-state index in [2.05, 4.69) is 59.2 Å². The number of fused-ring (bicyclic) bond motifs is 1. The maximum atomic E-state index is 4.64. The Labute approximate surface area is 125 Å². The maximum Gasteiger partial charge on any atom is 0.126 e. The van der Waals surface area contributed by atoms with Gasteiger partial charge in [-0.1, -0.05) is 36.4 Å². The molecule has 1 aromatic heterocycles. The van der Waals surface area contributed by atoms with Crippen LogP contribution in [0.15, 0.2) is 48.5 Å². The topological polar surface area (TPSA) is 29.0 Å². The average molecular weight is 277 g/mol. The molecule has 0 bridgehead atoms. The molecule has 0 unspecified atom stereocenters. The first-order valence-electron chi connectivity index (χ1n) is 7.14. The summed E-state index contributed by atoms with van der Waals surface area (Å²) >= 11 is 0. The third-order valence-corrected chi connectivity index (χ3v) is 3.71. The van der Waals surface area contributed by atoms with Crippen LogP contribution in [0.2, 0.25) is 0 Å². The number of hydrogen-bond donors (Lipinski definition) is 0. The van der Waals surface area contributed by atoms with E-state index in [0.29, 0.717) is 0 Å². The molecule has 2 aromatic carbocycles. The second-order valence-electron chi connectivity index (χ2n) is 5.38. The van der Waals surface area contributed by atoms with Gasteiger partial charge in [0.1, 0.15) is 5.82 Å². The molecule has 3 heteroatoms. The van der Waals surface area contributed by atoms with E-state index in [1.165, 1.54) is 11.3 Å². The van der Waals surface area contributed by atoms with Crippen molar-refractivity contribution in [3.63, 3.8) is 0 Å². The van der Waals surface area contributed by atoms with Crippen LogP contribution in [0.5, 0.6) is 0 Å². The summed E-state index contributed by atoms with van der Waals surface area (Å²) in [6.07, 6.45) is 0. The van der Waals surface area contributed by atoms with Crippen molar-refractivity contribution < 1.29 is 0 Å². The lowest BCUT2D eigenvalue weighted by molar-refractivity contribution is 0.872. The van der Waals surface area contributed by atoms with E-state index >= 15 is 0 Å². The quantitative estimate of drug-likeness (QED) is 0.727. The van der Waals surface area contributed by atoms with E-state index in [9.17, 15) is 0 Å². The molecule has 106 valence electrons. The Morgan fingerprint density at radius 1 is 0.905 bits per heavy atom. The third kappa shape index (κ3) is 2.72. The first kappa shape index (κ1) is 13.6. The minimum absolute atomic E-state index is 0.773. The summed E-state index contributed by atoms with van der Waals surface area (Å²) in [5.74, 6) is 0.821. The SMILES string of the molecule is Cc1nc(CN(C)c2ccccc2C)c2ccccc2n1. The second-order valence-corrected chi connectivity index (χ2v) is 5.38. The molecule has 0 radical (unpaired) electrons. The molecular formula is C18H19N3.